The Hall–Kier alpha value is -5.35. The molecule has 2 saturated heterocycles. The highest BCUT2D eigenvalue weighted by Crippen LogP contribution is 2.33. The van der Waals surface area contributed by atoms with E-state index >= 15 is 8.78 Å². The number of carbonyl (C=O) groups is 4. The molecule has 0 saturated carbocycles. The normalized spacial score (nSPS) is 16.0. The molecule has 14 nitrogen and oxygen atoms in total. The predicted molar refractivity (Wildman–Crippen MR) is 217 cm³/mol. The molecule has 6 rings (SSSR count). The molecule has 2 aromatic heterocycles. The zero-order chi connectivity index (χ0) is 42.1. The first-order valence-electron chi connectivity index (χ1n) is 19.4. The Morgan fingerprint density at radius 1 is 0.914 bits per heavy atom. The molecule has 0 aliphatic carbocycles. The summed E-state index contributed by atoms with van der Waals surface area (Å²) in [6, 6.07) is 7.12. The summed E-state index contributed by atoms with van der Waals surface area (Å²) in [6.45, 7) is 11.6. The molecule has 0 spiro atoms. The molecule has 310 valence electrons. The molecule has 2 aliphatic heterocycles. The van der Waals surface area contributed by atoms with Gasteiger partial charge < -0.3 is 34.8 Å². The fourth-order valence-corrected chi connectivity index (χ4v) is 7.71. The number of piperidine rings is 1. The second-order valence-electron chi connectivity index (χ2n) is 16.7. The van der Waals surface area contributed by atoms with Crippen molar-refractivity contribution >= 4 is 41.0 Å². The van der Waals surface area contributed by atoms with Crippen LogP contribution in [0.4, 0.5) is 19.3 Å². The van der Waals surface area contributed by atoms with Crippen molar-refractivity contribution in [3.05, 3.63) is 76.5 Å². The van der Waals surface area contributed by atoms with E-state index in [0.29, 0.717) is 49.7 Å². The predicted octanol–water partition coefficient (Wildman–Crippen LogP) is 5.31. The third-order valence-electron chi connectivity index (χ3n) is 10.9. The van der Waals surface area contributed by atoms with Crippen LogP contribution in [0.2, 0.25) is 5.02 Å². The molecule has 3 N–H and O–H groups in total. The number of imidazole rings is 1. The van der Waals surface area contributed by atoms with Crippen molar-refractivity contribution in [3.8, 4) is 22.4 Å². The van der Waals surface area contributed by atoms with Crippen molar-refractivity contribution in [2.75, 3.05) is 65.2 Å². The lowest BCUT2D eigenvalue weighted by molar-refractivity contribution is -0.895. The van der Waals surface area contributed by atoms with Crippen LogP contribution in [-0.2, 0) is 18.4 Å². The first-order chi connectivity index (χ1) is 27.3. The minimum absolute atomic E-state index is 0.0122. The molecule has 2 aliphatic rings. The van der Waals surface area contributed by atoms with Crippen LogP contribution in [0.15, 0.2) is 42.7 Å². The first kappa shape index (κ1) is 42.3. The van der Waals surface area contributed by atoms with Gasteiger partial charge in [0.15, 0.2) is 17.5 Å². The number of nitrogens with one attached hydrogen (secondary N) is 3. The highest BCUT2D eigenvalue weighted by Gasteiger charge is 2.35. The largest absolute Gasteiger partial charge is 0.339 e. The summed E-state index contributed by atoms with van der Waals surface area (Å²) in [5.74, 6) is -2.97. The number of amides is 5. The van der Waals surface area contributed by atoms with Gasteiger partial charge in [0, 0.05) is 92.1 Å². The smallest absolute Gasteiger partial charge is 0.315 e. The van der Waals surface area contributed by atoms with Crippen molar-refractivity contribution in [2.45, 2.75) is 52.6 Å². The Balaban J connectivity index is 1.06. The Labute approximate surface area is 342 Å². The number of likely N-dealkylation sites (tertiary alicyclic amines) is 1. The maximum atomic E-state index is 15.7. The molecule has 4 aromatic rings. The highest BCUT2D eigenvalue weighted by molar-refractivity contribution is 6.34. The van der Waals surface area contributed by atoms with E-state index in [2.05, 4.69) is 40.1 Å². The van der Waals surface area contributed by atoms with Gasteiger partial charge >= 0.3 is 6.03 Å². The average molecular weight is 822 g/mol. The summed E-state index contributed by atoms with van der Waals surface area (Å²) >= 11 is 6.56. The second-order valence-corrected chi connectivity index (χ2v) is 17.1. The van der Waals surface area contributed by atoms with Crippen LogP contribution in [0, 0.1) is 24.5 Å². The van der Waals surface area contributed by atoms with Crippen LogP contribution in [0.25, 0.3) is 22.4 Å². The van der Waals surface area contributed by atoms with Crippen molar-refractivity contribution in [3.63, 3.8) is 0 Å². The van der Waals surface area contributed by atoms with Gasteiger partial charge in [0.05, 0.1) is 62.4 Å². The SMILES string of the molecule is Cc1c(-c2ccc(-c3cnc(C(=O)Nc4ccc(C(=O)N5CCN(C(=O)C6CC[N+](C)(C)CC6)CC5)c(Cl)c4)n3C)c(F)c2F)cnn1CCNC(=O)NC(C)(C)C. The molecule has 0 unspecified atom stereocenters. The van der Waals surface area contributed by atoms with Gasteiger partial charge in [0.25, 0.3) is 11.8 Å². The Bertz CT molecular complexity index is 2210. The van der Waals surface area contributed by atoms with Crippen LogP contribution in [0.5, 0.6) is 0 Å². The van der Waals surface area contributed by atoms with Gasteiger partial charge in [-0.2, -0.15) is 5.10 Å². The van der Waals surface area contributed by atoms with Gasteiger partial charge in [0.1, 0.15) is 0 Å². The summed E-state index contributed by atoms with van der Waals surface area (Å²) in [6.07, 6.45) is 4.48. The van der Waals surface area contributed by atoms with E-state index in [0.717, 1.165) is 30.4 Å². The molecule has 0 radical (unpaired) electrons. The van der Waals surface area contributed by atoms with Gasteiger partial charge in [0.2, 0.25) is 5.91 Å². The van der Waals surface area contributed by atoms with Crippen molar-refractivity contribution < 1.29 is 32.4 Å². The van der Waals surface area contributed by atoms with E-state index in [1.165, 1.54) is 48.3 Å². The molecule has 0 atom stereocenters. The van der Waals surface area contributed by atoms with Gasteiger partial charge in [-0.3, -0.25) is 19.1 Å². The number of quaternary nitrogens is 1. The highest BCUT2D eigenvalue weighted by atomic mass is 35.5. The topological polar surface area (TPSA) is 146 Å². The van der Waals surface area contributed by atoms with Crippen LogP contribution >= 0.6 is 11.6 Å². The number of hydrogen-bond donors (Lipinski definition) is 3. The Kier molecular flexibility index (Phi) is 12.3. The van der Waals surface area contributed by atoms with E-state index < -0.39 is 23.1 Å². The number of anilines is 1. The fourth-order valence-electron chi connectivity index (χ4n) is 7.45. The minimum Gasteiger partial charge on any atom is -0.339 e. The van der Waals surface area contributed by atoms with Gasteiger partial charge in [-0.1, -0.05) is 17.7 Å². The maximum absolute atomic E-state index is 15.7. The number of hydrogen-bond acceptors (Lipinski definition) is 6. The van der Waals surface area contributed by atoms with Crippen LogP contribution in [0.1, 0.15) is 60.3 Å². The molecular formula is C41H52ClF2N10O4+. The van der Waals surface area contributed by atoms with Crippen LogP contribution in [0.3, 0.4) is 0 Å². The van der Waals surface area contributed by atoms with E-state index in [1.54, 1.807) is 22.6 Å². The van der Waals surface area contributed by atoms with Crippen molar-refractivity contribution in [1.82, 2.24) is 39.8 Å². The Morgan fingerprint density at radius 3 is 2.21 bits per heavy atom. The molecular weight excluding hydrogens is 770 g/mol. The van der Waals surface area contributed by atoms with E-state index in [-0.39, 0.29) is 63.5 Å². The second kappa shape index (κ2) is 16.9. The van der Waals surface area contributed by atoms with Crippen molar-refractivity contribution in [2.24, 2.45) is 13.0 Å². The lowest BCUT2D eigenvalue weighted by atomic mass is 9.94. The number of nitrogens with zero attached hydrogens (tertiary/aromatic N) is 7. The molecule has 2 aromatic carbocycles. The van der Waals surface area contributed by atoms with Crippen molar-refractivity contribution in [1.29, 1.82) is 0 Å². The Morgan fingerprint density at radius 2 is 1.55 bits per heavy atom. The number of carbonyl (C=O) groups excluding carboxylic acids is 4. The van der Waals surface area contributed by atoms with Gasteiger partial charge in [-0.15, -0.1) is 0 Å². The summed E-state index contributed by atoms with van der Waals surface area (Å²) in [4.78, 5) is 59.8. The molecule has 5 amide bonds. The minimum atomic E-state index is -1.12. The van der Waals surface area contributed by atoms with E-state index in [1.807, 2.05) is 25.7 Å². The summed E-state index contributed by atoms with van der Waals surface area (Å²) in [7, 11) is 5.88. The lowest BCUT2D eigenvalue weighted by Gasteiger charge is -2.40. The zero-order valence-electron chi connectivity index (χ0n) is 34.1. The number of urea groups is 1. The summed E-state index contributed by atoms with van der Waals surface area (Å²) < 4.78 is 35.3. The quantitative estimate of drug-likeness (QED) is 0.195. The summed E-state index contributed by atoms with van der Waals surface area (Å²) in [5, 5.41) is 12.7. The zero-order valence-corrected chi connectivity index (χ0v) is 34.8. The summed E-state index contributed by atoms with van der Waals surface area (Å²) in [5.41, 5.74) is 1.26. The molecule has 4 heterocycles. The van der Waals surface area contributed by atoms with Gasteiger partial charge in [-0.25, -0.2) is 18.6 Å². The van der Waals surface area contributed by atoms with Crippen LogP contribution < -0.4 is 16.0 Å². The maximum Gasteiger partial charge on any atom is 0.315 e. The monoisotopic (exact) mass is 821 g/mol. The third-order valence-corrected chi connectivity index (χ3v) is 11.2. The molecule has 58 heavy (non-hydrogen) atoms. The standard InChI is InChI=1S/C41H51ClF2N10O4/c1-25-31(23-47-53(25)15-14-45-40(58)49-41(2,3)4)28-10-11-30(35(44)34(28)43)33-24-46-36(50(33)5)37(55)48-27-8-9-29(32(42)22-27)39(57)52-18-16-51(17-19-52)38(56)26-12-20-54(6,7)21-13-26/h8-11,22-24,26H,12-21H2,1-7H3,(H2-,45,48,49,55,57,58)/p+1. The first-order valence-corrected chi connectivity index (χ1v) is 19.8. The van der Waals surface area contributed by atoms with Gasteiger partial charge in [-0.05, 0) is 52.0 Å². The van der Waals surface area contributed by atoms with E-state index in [9.17, 15) is 19.2 Å². The lowest BCUT2D eigenvalue weighted by Crippen LogP contribution is -2.54. The fraction of sp³-hybridized carbons (Fsp3) is 0.463. The average Bonchev–Trinajstić information content (AvgIpc) is 3.73. The number of piperazine rings is 1. The number of benzene rings is 2. The molecule has 0 bridgehead atoms. The molecule has 2 fully saturated rings. The third kappa shape index (κ3) is 9.34. The number of aromatic nitrogens is 4. The van der Waals surface area contributed by atoms with E-state index in [4.69, 9.17) is 11.6 Å². The number of rotatable bonds is 9. The van der Waals surface area contributed by atoms with Crippen LogP contribution in [-0.4, -0.2) is 123 Å². The number of halogens is 3. The molecule has 17 heteroatoms.